The van der Waals surface area contributed by atoms with Gasteiger partial charge in [-0.1, -0.05) is 32.6 Å². The second kappa shape index (κ2) is 8.12. The molecule has 0 saturated heterocycles. The molecule has 1 aliphatic carbocycles. The van der Waals surface area contributed by atoms with Crippen LogP contribution in [0.5, 0.6) is 0 Å². The lowest BCUT2D eigenvalue weighted by Crippen LogP contribution is -2.21. The molecule has 2 heteroatoms. The summed E-state index contributed by atoms with van der Waals surface area (Å²) in [6, 6.07) is 0. The molecule has 0 heterocycles. The predicted octanol–water partition coefficient (Wildman–Crippen LogP) is 3.10. The maximum Gasteiger partial charge on any atom is 0.0577 e. The fourth-order valence-corrected chi connectivity index (χ4v) is 2.38. The van der Waals surface area contributed by atoms with Crippen molar-refractivity contribution in [3.8, 4) is 0 Å². The molecule has 2 nitrogen and oxygen atoms in total. The van der Waals surface area contributed by atoms with Gasteiger partial charge in [-0.05, 0) is 38.1 Å². The minimum absolute atomic E-state index is 0.559. The molecule has 1 saturated carbocycles. The van der Waals surface area contributed by atoms with Gasteiger partial charge in [0.15, 0.2) is 0 Å². The number of nitrogens with two attached hydrogens (primary N) is 1. The number of rotatable bonds is 7. The summed E-state index contributed by atoms with van der Waals surface area (Å²) >= 11 is 0. The van der Waals surface area contributed by atoms with Crippen molar-refractivity contribution in [1.29, 1.82) is 0 Å². The lowest BCUT2D eigenvalue weighted by molar-refractivity contribution is 0.0137. The highest BCUT2D eigenvalue weighted by Gasteiger charge is 2.18. The Labute approximate surface area is 94.6 Å². The van der Waals surface area contributed by atoms with Gasteiger partial charge in [0.25, 0.3) is 0 Å². The molecule has 15 heavy (non-hydrogen) atoms. The molecule has 90 valence electrons. The fourth-order valence-electron chi connectivity index (χ4n) is 2.38. The Bertz CT molecular complexity index is 149. The molecule has 1 aliphatic rings. The zero-order valence-corrected chi connectivity index (χ0v) is 10.2. The van der Waals surface area contributed by atoms with Crippen molar-refractivity contribution in [3.05, 3.63) is 0 Å². The molecule has 2 N–H and O–H groups in total. The minimum atomic E-state index is 0.559. The summed E-state index contributed by atoms with van der Waals surface area (Å²) in [5.41, 5.74) is 5.44. The van der Waals surface area contributed by atoms with E-state index in [-0.39, 0.29) is 0 Å². The molecule has 0 amide bonds. The van der Waals surface area contributed by atoms with Gasteiger partial charge in [0, 0.05) is 6.61 Å². The van der Waals surface area contributed by atoms with Gasteiger partial charge in [0.1, 0.15) is 0 Å². The molecule has 1 fully saturated rings. The van der Waals surface area contributed by atoms with E-state index in [0.717, 1.165) is 19.1 Å². The Morgan fingerprint density at radius 2 is 1.93 bits per heavy atom. The molecule has 0 aromatic heterocycles. The van der Waals surface area contributed by atoms with E-state index >= 15 is 0 Å². The van der Waals surface area contributed by atoms with Gasteiger partial charge in [-0.25, -0.2) is 0 Å². The smallest absolute Gasteiger partial charge is 0.0577 e. The third-order valence-corrected chi connectivity index (χ3v) is 3.34. The molecule has 2 unspecified atom stereocenters. The van der Waals surface area contributed by atoms with Gasteiger partial charge < -0.3 is 10.5 Å². The Balaban J connectivity index is 1.90. The van der Waals surface area contributed by atoms with Crippen molar-refractivity contribution in [2.75, 3.05) is 13.2 Å². The van der Waals surface area contributed by atoms with Crippen LogP contribution in [0.15, 0.2) is 0 Å². The Hall–Kier alpha value is -0.0800. The van der Waals surface area contributed by atoms with Crippen LogP contribution in [0.1, 0.15) is 58.3 Å². The van der Waals surface area contributed by atoms with Crippen LogP contribution in [0.25, 0.3) is 0 Å². The van der Waals surface area contributed by atoms with Gasteiger partial charge in [0.05, 0.1) is 6.10 Å². The molecule has 0 bridgehead atoms. The summed E-state index contributed by atoms with van der Waals surface area (Å²) in [6.45, 7) is 4.14. The summed E-state index contributed by atoms with van der Waals surface area (Å²) in [5.74, 6) is 0.876. The van der Waals surface area contributed by atoms with Crippen LogP contribution < -0.4 is 5.73 Å². The second-order valence-electron chi connectivity index (χ2n) is 4.97. The van der Waals surface area contributed by atoms with Crippen molar-refractivity contribution in [1.82, 2.24) is 0 Å². The van der Waals surface area contributed by atoms with Crippen LogP contribution in [0, 0.1) is 5.92 Å². The molecular weight excluding hydrogens is 186 g/mol. The van der Waals surface area contributed by atoms with E-state index in [1.165, 1.54) is 51.4 Å². The molecule has 2 atom stereocenters. The topological polar surface area (TPSA) is 35.2 Å². The lowest BCUT2D eigenvalue weighted by Gasteiger charge is -2.26. The number of ether oxygens (including phenoxy) is 1. The molecule has 0 aliphatic heterocycles. The third kappa shape index (κ3) is 6.16. The van der Waals surface area contributed by atoms with E-state index in [4.69, 9.17) is 10.5 Å². The largest absolute Gasteiger partial charge is 0.378 e. The maximum absolute atomic E-state index is 5.90. The van der Waals surface area contributed by atoms with E-state index in [1.54, 1.807) is 0 Å². The van der Waals surface area contributed by atoms with Gasteiger partial charge >= 0.3 is 0 Å². The van der Waals surface area contributed by atoms with E-state index < -0.39 is 0 Å². The summed E-state index contributed by atoms with van der Waals surface area (Å²) in [4.78, 5) is 0. The molecule has 0 radical (unpaired) electrons. The summed E-state index contributed by atoms with van der Waals surface area (Å²) in [7, 11) is 0. The van der Waals surface area contributed by atoms with Gasteiger partial charge in [-0.2, -0.15) is 0 Å². The second-order valence-corrected chi connectivity index (χ2v) is 4.97. The van der Waals surface area contributed by atoms with Crippen LogP contribution >= 0.6 is 0 Å². The first-order valence-electron chi connectivity index (χ1n) is 6.64. The maximum atomic E-state index is 5.90. The average Bonchev–Trinajstić information content (AvgIpc) is 2.23. The minimum Gasteiger partial charge on any atom is -0.378 e. The highest BCUT2D eigenvalue weighted by atomic mass is 16.5. The van der Waals surface area contributed by atoms with E-state index in [9.17, 15) is 0 Å². The van der Waals surface area contributed by atoms with Crippen molar-refractivity contribution in [2.24, 2.45) is 11.7 Å². The first kappa shape index (κ1) is 13.0. The highest BCUT2D eigenvalue weighted by molar-refractivity contribution is 4.70. The van der Waals surface area contributed by atoms with Crippen LogP contribution in [0.3, 0.4) is 0 Å². The molecule has 0 aromatic carbocycles. The van der Waals surface area contributed by atoms with Crippen molar-refractivity contribution < 1.29 is 4.74 Å². The van der Waals surface area contributed by atoms with Crippen LogP contribution in [0.4, 0.5) is 0 Å². The monoisotopic (exact) mass is 213 g/mol. The zero-order chi connectivity index (χ0) is 10.9. The van der Waals surface area contributed by atoms with Crippen LogP contribution in [-0.4, -0.2) is 19.3 Å². The molecular formula is C13H27NO. The van der Waals surface area contributed by atoms with Crippen molar-refractivity contribution in [2.45, 2.75) is 64.4 Å². The number of hydrogen-bond acceptors (Lipinski definition) is 2. The first-order valence-corrected chi connectivity index (χ1v) is 6.64. The summed E-state index contributed by atoms with van der Waals surface area (Å²) < 4.78 is 5.90. The SMILES string of the molecule is CC1CCCC(OCCCCCCN)C1. The Kier molecular flexibility index (Phi) is 7.03. The zero-order valence-electron chi connectivity index (χ0n) is 10.2. The molecule has 0 aromatic rings. The van der Waals surface area contributed by atoms with Gasteiger partial charge in [-0.15, -0.1) is 0 Å². The van der Waals surface area contributed by atoms with Crippen molar-refractivity contribution in [3.63, 3.8) is 0 Å². The van der Waals surface area contributed by atoms with Crippen molar-refractivity contribution >= 4 is 0 Å². The highest BCUT2D eigenvalue weighted by Crippen LogP contribution is 2.25. The first-order chi connectivity index (χ1) is 7.33. The molecule has 1 rings (SSSR count). The fraction of sp³-hybridized carbons (Fsp3) is 1.00. The van der Waals surface area contributed by atoms with Gasteiger partial charge in [0.2, 0.25) is 0 Å². The standard InChI is InChI=1S/C13H27NO/c1-12-7-6-8-13(11-12)15-10-5-3-2-4-9-14/h12-13H,2-11,14H2,1H3. The van der Waals surface area contributed by atoms with E-state index in [1.807, 2.05) is 0 Å². The van der Waals surface area contributed by atoms with E-state index in [2.05, 4.69) is 6.92 Å². The van der Waals surface area contributed by atoms with Crippen LogP contribution in [0.2, 0.25) is 0 Å². The predicted molar refractivity (Wildman–Crippen MR) is 64.9 cm³/mol. The molecule has 0 spiro atoms. The third-order valence-electron chi connectivity index (χ3n) is 3.34. The summed E-state index contributed by atoms with van der Waals surface area (Å²) in [5, 5.41) is 0. The average molecular weight is 213 g/mol. The van der Waals surface area contributed by atoms with E-state index in [0.29, 0.717) is 6.10 Å². The number of hydrogen-bond donors (Lipinski definition) is 1. The Morgan fingerprint density at radius 1 is 1.13 bits per heavy atom. The quantitative estimate of drug-likeness (QED) is 0.660. The van der Waals surface area contributed by atoms with Gasteiger partial charge in [-0.3, -0.25) is 0 Å². The summed E-state index contributed by atoms with van der Waals surface area (Å²) in [6.07, 6.45) is 10.8. The Morgan fingerprint density at radius 3 is 2.67 bits per heavy atom. The van der Waals surface area contributed by atoms with Crippen LogP contribution in [-0.2, 0) is 4.74 Å². The lowest BCUT2D eigenvalue weighted by atomic mass is 9.89. The number of unbranched alkanes of at least 4 members (excludes halogenated alkanes) is 3. The normalized spacial score (nSPS) is 26.8.